The van der Waals surface area contributed by atoms with E-state index in [-0.39, 0.29) is 6.61 Å². The topological polar surface area (TPSA) is 69.7 Å². The molecule has 0 atom stereocenters. The lowest BCUT2D eigenvalue weighted by atomic mass is 10.5. The van der Waals surface area contributed by atoms with E-state index in [1.165, 1.54) is 6.08 Å². The Morgan fingerprint density at radius 1 is 1.47 bits per heavy atom. The highest BCUT2D eigenvalue weighted by Gasteiger charge is 1.96. The van der Waals surface area contributed by atoms with Gasteiger partial charge >= 0.3 is 5.97 Å². The van der Waals surface area contributed by atoms with Crippen LogP contribution in [-0.4, -0.2) is 33.9 Å². The van der Waals surface area contributed by atoms with Crippen LogP contribution in [0.3, 0.4) is 0 Å². The minimum absolute atomic E-state index is 0.230. The van der Waals surface area contributed by atoms with Crippen molar-refractivity contribution in [2.24, 2.45) is 0 Å². The molecule has 0 aliphatic heterocycles. The van der Waals surface area contributed by atoms with Gasteiger partial charge in [-0.1, -0.05) is 11.8 Å². The molecule has 0 amide bonds. The van der Waals surface area contributed by atoms with E-state index in [0.717, 1.165) is 12.3 Å². The van der Waals surface area contributed by atoms with Crippen molar-refractivity contribution in [2.45, 2.75) is 6.92 Å². The molecule has 0 aliphatic rings. The first kappa shape index (κ1) is 13.7. The standard InChI is InChI=1S/C9H12O5S/c1-3-13-9(10)7-5-4-6-8-14-15(2,11)12/h5,7H,3,8H2,1-2H3/b7-5+. The summed E-state index contributed by atoms with van der Waals surface area (Å²) < 4.78 is 29.9. The van der Waals surface area contributed by atoms with Gasteiger partial charge in [-0.15, -0.1) is 0 Å². The Hall–Kier alpha value is -1.32. The summed E-state index contributed by atoms with van der Waals surface area (Å²) in [6, 6.07) is 0. The van der Waals surface area contributed by atoms with Gasteiger partial charge in [0.15, 0.2) is 0 Å². The minimum Gasteiger partial charge on any atom is -0.463 e. The second-order valence-corrected chi connectivity index (χ2v) is 4.02. The Bertz CT molecular complexity index is 382. The average molecular weight is 232 g/mol. The van der Waals surface area contributed by atoms with Crippen LogP contribution in [0.15, 0.2) is 12.2 Å². The predicted molar refractivity (Wildman–Crippen MR) is 54.3 cm³/mol. The molecule has 15 heavy (non-hydrogen) atoms. The van der Waals surface area contributed by atoms with E-state index < -0.39 is 16.1 Å². The highest BCUT2D eigenvalue weighted by Crippen LogP contribution is 1.84. The lowest BCUT2D eigenvalue weighted by molar-refractivity contribution is -0.137. The van der Waals surface area contributed by atoms with E-state index in [1.54, 1.807) is 6.92 Å². The maximum atomic E-state index is 10.7. The molecule has 84 valence electrons. The van der Waals surface area contributed by atoms with Gasteiger partial charge in [-0.2, -0.15) is 8.42 Å². The maximum absolute atomic E-state index is 10.7. The van der Waals surface area contributed by atoms with Gasteiger partial charge in [-0.25, -0.2) is 4.79 Å². The Labute approximate surface area is 89.2 Å². The normalized spacial score (nSPS) is 10.8. The summed E-state index contributed by atoms with van der Waals surface area (Å²) in [6.45, 7) is 1.76. The molecule has 0 heterocycles. The van der Waals surface area contributed by atoms with Gasteiger partial charge in [0.05, 0.1) is 12.9 Å². The summed E-state index contributed by atoms with van der Waals surface area (Å²) in [4.78, 5) is 10.7. The lowest BCUT2D eigenvalue weighted by Gasteiger charge is -1.92. The molecule has 0 N–H and O–H groups in total. The molecule has 0 aromatic heterocycles. The average Bonchev–Trinajstić information content (AvgIpc) is 2.09. The number of carbonyl (C=O) groups is 1. The molecule has 0 saturated heterocycles. The molecule has 0 spiro atoms. The molecule has 5 nitrogen and oxygen atoms in total. The van der Waals surface area contributed by atoms with Crippen molar-refractivity contribution in [2.75, 3.05) is 19.5 Å². The zero-order valence-electron chi connectivity index (χ0n) is 8.52. The Balaban J connectivity index is 3.86. The van der Waals surface area contributed by atoms with E-state index in [4.69, 9.17) is 0 Å². The van der Waals surface area contributed by atoms with Crippen molar-refractivity contribution in [1.29, 1.82) is 0 Å². The van der Waals surface area contributed by atoms with Gasteiger partial charge in [-0.05, 0) is 13.0 Å². The van der Waals surface area contributed by atoms with Crippen LogP contribution in [0.25, 0.3) is 0 Å². The molecule has 0 saturated carbocycles. The highest BCUT2D eigenvalue weighted by atomic mass is 32.2. The fraction of sp³-hybridized carbons (Fsp3) is 0.444. The molecule has 0 fully saturated rings. The second kappa shape index (κ2) is 7.04. The van der Waals surface area contributed by atoms with Crippen molar-refractivity contribution in [3.63, 3.8) is 0 Å². The second-order valence-electron chi connectivity index (χ2n) is 2.37. The summed E-state index contributed by atoms with van der Waals surface area (Å²) in [7, 11) is -3.45. The minimum atomic E-state index is -3.45. The number of hydrogen-bond acceptors (Lipinski definition) is 5. The predicted octanol–water partition coefficient (Wildman–Crippen LogP) is 0.0853. The number of hydrogen-bond donors (Lipinski definition) is 0. The number of ether oxygens (including phenoxy) is 1. The number of rotatable bonds is 4. The van der Waals surface area contributed by atoms with Crippen molar-refractivity contribution in [1.82, 2.24) is 0 Å². The van der Waals surface area contributed by atoms with Crippen LogP contribution >= 0.6 is 0 Å². The van der Waals surface area contributed by atoms with Crippen molar-refractivity contribution in [3.05, 3.63) is 12.2 Å². The Morgan fingerprint density at radius 2 is 2.13 bits per heavy atom. The summed E-state index contributed by atoms with van der Waals surface area (Å²) in [5.41, 5.74) is 0. The zero-order chi connectivity index (χ0) is 11.7. The zero-order valence-corrected chi connectivity index (χ0v) is 9.33. The van der Waals surface area contributed by atoms with Crippen molar-refractivity contribution in [3.8, 4) is 11.8 Å². The summed E-state index contributed by atoms with van der Waals surface area (Å²) >= 11 is 0. The molecule has 0 bridgehead atoms. The number of carbonyl (C=O) groups excluding carboxylic acids is 1. The quantitative estimate of drug-likeness (QED) is 0.297. The first-order chi connectivity index (χ1) is 6.95. The van der Waals surface area contributed by atoms with Crippen LogP contribution in [0.1, 0.15) is 6.92 Å². The van der Waals surface area contributed by atoms with Crippen LogP contribution in [0, 0.1) is 11.8 Å². The molecule has 0 aliphatic carbocycles. The number of esters is 1. The molecule has 0 rings (SSSR count). The van der Waals surface area contributed by atoms with Gasteiger partial charge in [-0.3, -0.25) is 4.18 Å². The first-order valence-corrected chi connectivity index (χ1v) is 5.93. The van der Waals surface area contributed by atoms with Gasteiger partial charge < -0.3 is 4.74 Å². The van der Waals surface area contributed by atoms with E-state index >= 15 is 0 Å². The van der Waals surface area contributed by atoms with Gasteiger partial charge in [0.25, 0.3) is 10.1 Å². The SMILES string of the molecule is CCOC(=O)/C=C/C#CCOS(C)(=O)=O. The lowest BCUT2D eigenvalue weighted by Crippen LogP contribution is -2.02. The van der Waals surface area contributed by atoms with E-state index in [1.807, 2.05) is 0 Å². The van der Waals surface area contributed by atoms with Crippen molar-refractivity contribution >= 4 is 16.1 Å². The van der Waals surface area contributed by atoms with Crippen LogP contribution in [0.5, 0.6) is 0 Å². The summed E-state index contributed by atoms with van der Waals surface area (Å²) in [5, 5.41) is 0. The third-order valence-electron chi connectivity index (χ3n) is 1.04. The molecule has 0 unspecified atom stereocenters. The summed E-state index contributed by atoms with van der Waals surface area (Å²) in [6.07, 6.45) is 3.35. The Kier molecular flexibility index (Phi) is 6.42. The van der Waals surface area contributed by atoms with Crippen molar-refractivity contribution < 1.29 is 22.1 Å². The van der Waals surface area contributed by atoms with Crippen LogP contribution < -0.4 is 0 Å². The van der Waals surface area contributed by atoms with Crippen LogP contribution in [-0.2, 0) is 23.8 Å². The smallest absolute Gasteiger partial charge is 0.331 e. The Morgan fingerprint density at radius 3 is 2.67 bits per heavy atom. The number of allylic oxidation sites excluding steroid dienone is 1. The van der Waals surface area contributed by atoms with E-state index in [0.29, 0.717) is 6.61 Å². The third kappa shape index (κ3) is 10.6. The maximum Gasteiger partial charge on any atom is 0.331 e. The van der Waals surface area contributed by atoms with Gasteiger partial charge in [0.1, 0.15) is 6.61 Å². The van der Waals surface area contributed by atoms with E-state index in [9.17, 15) is 13.2 Å². The fourth-order valence-electron chi connectivity index (χ4n) is 0.537. The fourth-order valence-corrected chi connectivity index (χ4v) is 0.810. The monoisotopic (exact) mass is 232 g/mol. The molecule has 0 aromatic carbocycles. The first-order valence-electron chi connectivity index (χ1n) is 4.12. The molecule has 0 aromatic rings. The summed E-state index contributed by atoms with van der Waals surface area (Å²) in [5.74, 6) is 4.33. The van der Waals surface area contributed by atoms with Gasteiger partial charge in [0, 0.05) is 6.08 Å². The van der Waals surface area contributed by atoms with Gasteiger partial charge in [0.2, 0.25) is 0 Å². The largest absolute Gasteiger partial charge is 0.463 e. The van der Waals surface area contributed by atoms with Crippen LogP contribution in [0.2, 0.25) is 0 Å². The molecular formula is C9H12O5S. The molecule has 0 radical (unpaired) electrons. The van der Waals surface area contributed by atoms with Crippen LogP contribution in [0.4, 0.5) is 0 Å². The molecule has 6 heteroatoms. The van der Waals surface area contributed by atoms with E-state index in [2.05, 4.69) is 20.8 Å². The molecular weight excluding hydrogens is 220 g/mol. The third-order valence-corrected chi connectivity index (χ3v) is 1.58. The highest BCUT2D eigenvalue weighted by molar-refractivity contribution is 7.85.